The van der Waals surface area contributed by atoms with Gasteiger partial charge in [0.15, 0.2) is 0 Å². The minimum Gasteiger partial charge on any atom is -0.467 e. The van der Waals surface area contributed by atoms with Gasteiger partial charge in [-0.05, 0) is 49.7 Å². The number of urea groups is 1. The number of aryl methyl sites for hydroxylation is 2. The van der Waals surface area contributed by atoms with Crippen molar-refractivity contribution in [1.29, 1.82) is 0 Å². The van der Waals surface area contributed by atoms with Crippen molar-refractivity contribution in [3.63, 3.8) is 0 Å². The average molecular weight is 420 g/mol. The summed E-state index contributed by atoms with van der Waals surface area (Å²) in [6.45, 7) is 3.91. The van der Waals surface area contributed by atoms with Crippen LogP contribution in [0.4, 0.5) is 16.2 Å². The van der Waals surface area contributed by atoms with Crippen molar-refractivity contribution in [2.24, 2.45) is 0 Å². The molecule has 8 nitrogen and oxygen atoms in total. The monoisotopic (exact) mass is 420 g/mol. The molecule has 0 fully saturated rings. The van der Waals surface area contributed by atoms with Crippen LogP contribution in [-0.4, -0.2) is 24.4 Å². The van der Waals surface area contributed by atoms with Gasteiger partial charge in [0.2, 0.25) is 5.91 Å². The van der Waals surface area contributed by atoms with Crippen molar-refractivity contribution in [3.8, 4) is 0 Å². The Balaban J connectivity index is 1.52. The first-order valence-corrected chi connectivity index (χ1v) is 9.74. The van der Waals surface area contributed by atoms with E-state index in [-0.39, 0.29) is 19.0 Å². The van der Waals surface area contributed by atoms with Gasteiger partial charge >= 0.3 is 6.03 Å². The highest BCUT2D eigenvalue weighted by Crippen LogP contribution is 2.16. The van der Waals surface area contributed by atoms with E-state index in [4.69, 9.17) is 4.42 Å². The average Bonchev–Trinajstić information content (AvgIpc) is 3.26. The third-order valence-corrected chi connectivity index (χ3v) is 4.50. The van der Waals surface area contributed by atoms with Gasteiger partial charge in [-0.25, -0.2) is 4.79 Å². The maximum absolute atomic E-state index is 12.5. The lowest BCUT2D eigenvalue weighted by Gasteiger charge is -2.13. The number of benzene rings is 2. The van der Waals surface area contributed by atoms with Gasteiger partial charge in [0.05, 0.1) is 24.9 Å². The number of anilines is 2. The van der Waals surface area contributed by atoms with Crippen molar-refractivity contribution in [1.82, 2.24) is 10.6 Å². The lowest BCUT2D eigenvalue weighted by atomic mass is 10.1. The van der Waals surface area contributed by atoms with Gasteiger partial charge in [-0.2, -0.15) is 0 Å². The van der Waals surface area contributed by atoms with Crippen LogP contribution in [0.1, 0.15) is 27.2 Å². The van der Waals surface area contributed by atoms with E-state index in [1.165, 1.54) is 6.26 Å². The molecule has 1 aromatic heterocycles. The van der Waals surface area contributed by atoms with Crippen molar-refractivity contribution >= 4 is 29.2 Å². The van der Waals surface area contributed by atoms with Crippen LogP contribution >= 0.6 is 0 Å². The molecule has 0 bridgehead atoms. The van der Waals surface area contributed by atoms with Gasteiger partial charge in [-0.3, -0.25) is 14.9 Å². The fraction of sp³-hybridized carbons (Fsp3) is 0.174. The van der Waals surface area contributed by atoms with E-state index in [1.807, 2.05) is 26.0 Å². The number of rotatable bonds is 7. The van der Waals surface area contributed by atoms with Crippen molar-refractivity contribution < 1.29 is 18.8 Å². The molecule has 0 saturated heterocycles. The molecule has 160 valence electrons. The number of carbonyl (C=O) groups excluding carboxylic acids is 3. The third-order valence-electron chi connectivity index (χ3n) is 4.50. The van der Waals surface area contributed by atoms with E-state index in [0.717, 1.165) is 11.1 Å². The van der Waals surface area contributed by atoms with Gasteiger partial charge in [-0.1, -0.05) is 29.8 Å². The second-order valence-corrected chi connectivity index (χ2v) is 6.98. The number of amides is 4. The number of furan rings is 1. The second-order valence-electron chi connectivity index (χ2n) is 6.98. The predicted octanol–water partition coefficient (Wildman–Crippen LogP) is 3.59. The highest BCUT2D eigenvalue weighted by Gasteiger charge is 2.13. The SMILES string of the molecule is Cc1ccc(NC(=O)NC(=O)CNc2ccccc2C(=O)NCc2ccco2)c(C)c1. The van der Waals surface area contributed by atoms with E-state index < -0.39 is 11.9 Å². The zero-order valence-corrected chi connectivity index (χ0v) is 17.3. The highest BCUT2D eigenvalue weighted by molar-refractivity contribution is 6.03. The van der Waals surface area contributed by atoms with Gasteiger partial charge in [0, 0.05) is 11.4 Å². The summed E-state index contributed by atoms with van der Waals surface area (Å²) in [5.41, 5.74) is 3.46. The molecule has 4 amide bonds. The zero-order chi connectivity index (χ0) is 22.2. The molecule has 31 heavy (non-hydrogen) atoms. The van der Waals surface area contributed by atoms with Gasteiger partial charge in [-0.15, -0.1) is 0 Å². The molecule has 0 aliphatic carbocycles. The van der Waals surface area contributed by atoms with Crippen molar-refractivity contribution in [2.75, 3.05) is 17.2 Å². The van der Waals surface area contributed by atoms with Crippen molar-refractivity contribution in [2.45, 2.75) is 20.4 Å². The number of hydrogen-bond acceptors (Lipinski definition) is 5. The molecule has 0 spiro atoms. The normalized spacial score (nSPS) is 10.3. The number of imide groups is 1. The lowest BCUT2D eigenvalue weighted by molar-refractivity contribution is -0.118. The molecule has 4 N–H and O–H groups in total. The smallest absolute Gasteiger partial charge is 0.325 e. The van der Waals surface area contributed by atoms with Gasteiger partial charge in [0.25, 0.3) is 5.91 Å². The maximum Gasteiger partial charge on any atom is 0.325 e. The molecule has 0 aliphatic rings. The molecule has 0 radical (unpaired) electrons. The Kier molecular flexibility index (Phi) is 7.05. The van der Waals surface area contributed by atoms with Crippen LogP contribution in [0.15, 0.2) is 65.3 Å². The first kappa shape index (κ1) is 21.6. The summed E-state index contributed by atoms with van der Waals surface area (Å²) in [5, 5.41) is 10.6. The van der Waals surface area contributed by atoms with Crippen LogP contribution in [0.5, 0.6) is 0 Å². The van der Waals surface area contributed by atoms with Gasteiger partial charge < -0.3 is 20.4 Å². The molecular formula is C23H24N4O4. The summed E-state index contributed by atoms with van der Waals surface area (Å²) in [4.78, 5) is 36.8. The number of hydrogen-bond donors (Lipinski definition) is 4. The minimum absolute atomic E-state index is 0.178. The highest BCUT2D eigenvalue weighted by atomic mass is 16.3. The zero-order valence-electron chi connectivity index (χ0n) is 17.3. The van der Waals surface area contributed by atoms with Crippen molar-refractivity contribution in [3.05, 3.63) is 83.3 Å². The number of para-hydroxylation sites is 1. The lowest BCUT2D eigenvalue weighted by Crippen LogP contribution is -2.38. The van der Waals surface area contributed by atoms with Crippen LogP contribution in [-0.2, 0) is 11.3 Å². The van der Waals surface area contributed by atoms with E-state index in [2.05, 4.69) is 21.3 Å². The Labute approximate surface area is 180 Å². The fourth-order valence-electron chi connectivity index (χ4n) is 2.96. The molecule has 3 rings (SSSR count). The van der Waals surface area contributed by atoms with Crippen LogP contribution in [0.2, 0.25) is 0 Å². The Hall–Kier alpha value is -4.07. The van der Waals surface area contributed by atoms with Crippen LogP contribution in [0, 0.1) is 13.8 Å². The molecular weight excluding hydrogens is 396 g/mol. The first-order valence-electron chi connectivity index (χ1n) is 9.74. The summed E-state index contributed by atoms with van der Waals surface area (Å²) in [7, 11) is 0. The quantitative estimate of drug-likeness (QED) is 0.467. The third kappa shape index (κ3) is 6.20. The molecule has 0 atom stereocenters. The summed E-state index contributed by atoms with van der Waals surface area (Å²) in [5.74, 6) is -0.214. The fourth-order valence-corrected chi connectivity index (χ4v) is 2.96. The summed E-state index contributed by atoms with van der Waals surface area (Å²) in [6.07, 6.45) is 1.53. The van der Waals surface area contributed by atoms with Gasteiger partial charge in [0.1, 0.15) is 5.76 Å². The van der Waals surface area contributed by atoms with Crippen LogP contribution in [0.3, 0.4) is 0 Å². The minimum atomic E-state index is -0.622. The molecule has 2 aromatic carbocycles. The Morgan fingerprint density at radius 2 is 1.74 bits per heavy atom. The maximum atomic E-state index is 12.5. The topological polar surface area (TPSA) is 112 Å². The second kappa shape index (κ2) is 10.1. The first-order chi connectivity index (χ1) is 14.9. The largest absolute Gasteiger partial charge is 0.467 e. The molecule has 0 saturated carbocycles. The van der Waals surface area contributed by atoms with Crippen LogP contribution < -0.4 is 21.3 Å². The molecule has 0 aliphatic heterocycles. The van der Waals surface area contributed by atoms with E-state index in [9.17, 15) is 14.4 Å². The molecule has 3 aromatic rings. The standard InChI is InChI=1S/C23H24N4O4/c1-15-9-10-19(16(2)12-15)26-23(30)27-21(28)14-24-20-8-4-3-7-18(20)22(29)25-13-17-6-5-11-31-17/h3-12,24H,13-14H2,1-2H3,(H,25,29)(H2,26,27,28,30). The molecule has 0 unspecified atom stereocenters. The Morgan fingerprint density at radius 3 is 2.48 bits per heavy atom. The molecule has 1 heterocycles. The Morgan fingerprint density at radius 1 is 0.935 bits per heavy atom. The Bertz CT molecular complexity index is 1080. The van der Waals surface area contributed by atoms with E-state index in [1.54, 1.807) is 42.5 Å². The summed E-state index contributed by atoms with van der Waals surface area (Å²) < 4.78 is 5.20. The predicted molar refractivity (Wildman–Crippen MR) is 118 cm³/mol. The summed E-state index contributed by atoms with van der Waals surface area (Å²) in [6, 6.07) is 15.3. The van der Waals surface area contributed by atoms with E-state index >= 15 is 0 Å². The summed E-state index contributed by atoms with van der Waals surface area (Å²) >= 11 is 0. The number of carbonyl (C=O) groups is 3. The molecule has 8 heteroatoms. The number of nitrogens with one attached hydrogen (secondary N) is 4. The van der Waals surface area contributed by atoms with Crippen LogP contribution in [0.25, 0.3) is 0 Å². The van der Waals surface area contributed by atoms with E-state index in [0.29, 0.717) is 22.7 Å².